The van der Waals surface area contributed by atoms with Crippen LogP contribution in [0.5, 0.6) is 0 Å². The molecule has 5 rings (SSSR count). The van der Waals surface area contributed by atoms with Crippen LogP contribution >= 0.6 is 15.9 Å². The van der Waals surface area contributed by atoms with Gasteiger partial charge in [-0.15, -0.1) is 0 Å². The first-order valence-corrected chi connectivity index (χ1v) is 16.8. The Morgan fingerprint density at radius 1 is 0.796 bits per heavy atom. The van der Waals surface area contributed by atoms with E-state index in [9.17, 15) is 14.4 Å². The number of hydrogen-bond donors (Lipinski definition) is 8. The number of carbonyl (C=O) groups is 3. The van der Waals surface area contributed by atoms with Gasteiger partial charge < -0.3 is 43.0 Å². The van der Waals surface area contributed by atoms with E-state index in [1.807, 2.05) is 60.8 Å². The molecule has 13 heteroatoms. The van der Waals surface area contributed by atoms with Crippen molar-refractivity contribution in [2.75, 3.05) is 44.6 Å². The molecule has 1 unspecified atom stereocenters. The van der Waals surface area contributed by atoms with Crippen molar-refractivity contribution in [3.05, 3.63) is 112 Å². The number of nitrogens with two attached hydrogens (primary N) is 2. The third-order valence-electron chi connectivity index (χ3n) is 7.76. The minimum atomic E-state index is -0.935. The highest BCUT2D eigenvalue weighted by Crippen LogP contribution is 2.24. The first-order chi connectivity index (χ1) is 23.9. The molecule has 0 aliphatic heterocycles. The molecule has 1 heterocycles. The molecule has 0 aliphatic rings. The van der Waals surface area contributed by atoms with Crippen LogP contribution < -0.4 is 38.1 Å². The monoisotopic (exact) mass is 725 g/mol. The number of hydrogen-bond acceptors (Lipinski definition) is 6. The fourth-order valence-electron chi connectivity index (χ4n) is 5.34. The molecule has 5 aromatic rings. The Kier molecular flexibility index (Phi) is 12.3. The Balaban J connectivity index is 1.33. The molecule has 12 nitrogen and oxygen atoms in total. The average molecular weight is 727 g/mol. The Bertz CT molecular complexity index is 1960. The summed E-state index contributed by atoms with van der Waals surface area (Å²) in [6, 6.07) is 25.0. The summed E-state index contributed by atoms with van der Waals surface area (Å²) in [7, 11) is 0. The van der Waals surface area contributed by atoms with Gasteiger partial charge in [0.05, 0.1) is 17.8 Å². The third-order valence-corrected chi connectivity index (χ3v) is 8.25. The van der Waals surface area contributed by atoms with Crippen LogP contribution in [-0.4, -0.2) is 74.0 Å². The zero-order valence-corrected chi connectivity index (χ0v) is 28.5. The van der Waals surface area contributed by atoms with Gasteiger partial charge in [-0.25, -0.2) is 0 Å². The predicted molar refractivity (Wildman–Crippen MR) is 199 cm³/mol. The highest BCUT2D eigenvalue weighted by Gasteiger charge is 2.25. The van der Waals surface area contributed by atoms with Crippen LogP contribution in [-0.2, 0) is 11.2 Å². The van der Waals surface area contributed by atoms with Gasteiger partial charge in [0.25, 0.3) is 11.8 Å². The molecule has 10 N–H and O–H groups in total. The topological polar surface area (TPSA) is 192 Å². The zero-order chi connectivity index (χ0) is 34.6. The van der Waals surface area contributed by atoms with Crippen molar-refractivity contribution in [3.63, 3.8) is 0 Å². The number of aromatic amines is 1. The molecule has 49 heavy (non-hydrogen) atoms. The molecule has 1 atom stereocenters. The zero-order valence-electron chi connectivity index (χ0n) is 26.9. The number of rotatable bonds is 14. The van der Waals surface area contributed by atoms with E-state index in [4.69, 9.17) is 11.5 Å². The first kappa shape index (κ1) is 35.1. The number of amides is 3. The second-order valence-electron chi connectivity index (χ2n) is 11.2. The highest BCUT2D eigenvalue weighted by molar-refractivity contribution is 9.10. The lowest BCUT2D eigenvalue weighted by Gasteiger charge is -2.20. The number of H-pyrrole nitrogens is 1. The van der Waals surface area contributed by atoms with Crippen LogP contribution in [0.25, 0.3) is 21.7 Å². The van der Waals surface area contributed by atoms with Crippen LogP contribution in [0.1, 0.15) is 26.3 Å². The molecule has 254 valence electrons. The fourth-order valence-corrected chi connectivity index (χ4v) is 5.70. The van der Waals surface area contributed by atoms with Gasteiger partial charge in [0, 0.05) is 66.3 Å². The Labute approximate surface area is 292 Å². The Morgan fingerprint density at radius 2 is 1.55 bits per heavy atom. The molecule has 0 spiro atoms. The van der Waals surface area contributed by atoms with Crippen molar-refractivity contribution in [3.8, 4) is 0 Å². The maximum atomic E-state index is 13.9. The normalized spacial score (nSPS) is 12.0. The number of nitrogens with zero attached hydrogens (tertiary/aromatic N) is 1. The summed E-state index contributed by atoms with van der Waals surface area (Å²) in [6.45, 7) is 2.43. The summed E-state index contributed by atoms with van der Waals surface area (Å²) < 4.78 is 0.639. The number of halogens is 1. The second-order valence-corrected chi connectivity index (χ2v) is 12.2. The average Bonchev–Trinajstić information content (AvgIpc) is 3.53. The lowest BCUT2D eigenvalue weighted by atomic mass is 10.0. The summed E-state index contributed by atoms with van der Waals surface area (Å²) in [5, 5.41) is 17.9. The number of carbonyl (C=O) groups excluding carboxylic acids is 3. The van der Waals surface area contributed by atoms with Gasteiger partial charge in [-0.3, -0.25) is 19.4 Å². The summed E-state index contributed by atoms with van der Waals surface area (Å²) in [6.07, 6.45) is 2.07. The molecule has 4 aromatic carbocycles. The molecule has 0 bridgehead atoms. The van der Waals surface area contributed by atoms with E-state index in [0.717, 1.165) is 27.2 Å². The second kappa shape index (κ2) is 17.2. The van der Waals surface area contributed by atoms with Crippen LogP contribution in [0.4, 0.5) is 5.69 Å². The van der Waals surface area contributed by atoms with E-state index in [2.05, 4.69) is 52.5 Å². The Morgan fingerprint density at radius 3 is 2.37 bits per heavy atom. The Hall–Kier alpha value is -5.24. The lowest BCUT2D eigenvalue weighted by molar-refractivity contribution is -0.122. The van der Waals surface area contributed by atoms with Gasteiger partial charge in [0.1, 0.15) is 6.04 Å². The molecule has 0 fully saturated rings. The number of guanidine groups is 1. The first-order valence-electron chi connectivity index (χ1n) is 16.0. The quantitative estimate of drug-likeness (QED) is 0.0490. The largest absolute Gasteiger partial charge is 0.361 e. The maximum Gasteiger partial charge on any atom is 0.255 e. The number of para-hydroxylation sites is 1. The molecule has 0 saturated carbocycles. The standard InChI is InChI=1S/C36H40BrN9O3/c37-27-11-12-31(45-33(47)25-10-9-23-5-1-2-6-24(23)19-25)29(21-27)34(48)46-32(20-26-22-44-30-8-4-3-7-28(26)30)35(49)40-17-18-43-36(41-15-13-38)42-16-14-39/h1-12,19,21-22,32,44H,13-18,20,38-39H2,(H,40,49)(H,45,47)(H,46,48)(H2,41,42,43). The minimum Gasteiger partial charge on any atom is -0.361 e. The van der Waals surface area contributed by atoms with E-state index < -0.39 is 11.9 Å². The van der Waals surface area contributed by atoms with Crippen molar-refractivity contribution in [1.82, 2.24) is 26.3 Å². The number of nitrogens with one attached hydrogen (secondary N) is 6. The molecular formula is C36H40BrN9O3. The molecular weight excluding hydrogens is 686 g/mol. The van der Waals surface area contributed by atoms with Crippen molar-refractivity contribution in [2.24, 2.45) is 16.5 Å². The van der Waals surface area contributed by atoms with Gasteiger partial charge in [-0.05, 0) is 52.7 Å². The summed E-state index contributed by atoms with van der Waals surface area (Å²) >= 11 is 3.45. The number of aliphatic imine (C=N–C) groups is 1. The smallest absolute Gasteiger partial charge is 0.255 e. The van der Waals surface area contributed by atoms with Crippen LogP contribution in [0, 0.1) is 0 Å². The SMILES string of the molecule is NCCN=C(NCCN)NCCNC(=O)C(Cc1c[nH]c2ccccc12)NC(=O)c1cc(Br)ccc1NC(=O)c1ccc2ccccc2c1. The van der Waals surface area contributed by atoms with E-state index in [-0.39, 0.29) is 30.3 Å². The van der Waals surface area contributed by atoms with Crippen molar-refractivity contribution in [1.29, 1.82) is 0 Å². The van der Waals surface area contributed by atoms with Gasteiger partial charge in [-0.1, -0.05) is 64.5 Å². The molecule has 0 aliphatic carbocycles. The lowest BCUT2D eigenvalue weighted by Crippen LogP contribution is -2.50. The molecule has 1 aromatic heterocycles. The number of anilines is 1. The minimum absolute atomic E-state index is 0.202. The van der Waals surface area contributed by atoms with Crippen LogP contribution in [0.2, 0.25) is 0 Å². The van der Waals surface area contributed by atoms with Crippen molar-refractivity contribution >= 4 is 67.0 Å². The van der Waals surface area contributed by atoms with Crippen molar-refractivity contribution in [2.45, 2.75) is 12.5 Å². The maximum absolute atomic E-state index is 13.9. The predicted octanol–water partition coefficient (Wildman–Crippen LogP) is 3.25. The summed E-state index contributed by atoms with van der Waals surface area (Å²) in [5.74, 6) is -0.706. The number of aromatic nitrogens is 1. The fraction of sp³-hybridized carbons (Fsp3) is 0.222. The number of benzene rings is 4. The van der Waals surface area contributed by atoms with E-state index in [1.165, 1.54) is 0 Å². The van der Waals surface area contributed by atoms with Crippen LogP contribution in [0.3, 0.4) is 0 Å². The van der Waals surface area contributed by atoms with E-state index in [0.29, 0.717) is 54.4 Å². The van der Waals surface area contributed by atoms with Gasteiger partial charge >= 0.3 is 0 Å². The van der Waals surface area contributed by atoms with Crippen LogP contribution in [0.15, 0.2) is 101 Å². The molecule has 0 saturated heterocycles. The van der Waals surface area contributed by atoms with Crippen molar-refractivity contribution < 1.29 is 14.4 Å². The number of fused-ring (bicyclic) bond motifs is 2. The molecule has 0 radical (unpaired) electrons. The van der Waals surface area contributed by atoms with Gasteiger partial charge in [-0.2, -0.15) is 0 Å². The third kappa shape index (κ3) is 9.44. The summed E-state index contributed by atoms with van der Waals surface area (Å²) in [4.78, 5) is 48.5. The molecule has 3 amide bonds. The van der Waals surface area contributed by atoms with Gasteiger partial charge in [0.15, 0.2) is 5.96 Å². The van der Waals surface area contributed by atoms with E-state index >= 15 is 0 Å². The summed E-state index contributed by atoms with van der Waals surface area (Å²) in [5.41, 5.74) is 13.9. The highest BCUT2D eigenvalue weighted by atomic mass is 79.9. The van der Waals surface area contributed by atoms with Gasteiger partial charge in [0.2, 0.25) is 5.91 Å². The van der Waals surface area contributed by atoms with E-state index in [1.54, 1.807) is 30.3 Å².